The van der Waals surface area contributed by atoms with E-state index < -0.39 is 78.5 Å². The predicted octanol–water partition coefficient (Wildman–Crippen LogP) is 5.96. The minimum absolute atomic E-state index is 0.0504. The van der Waals surface area contributed by atoms with E-state index in [1.165, 1.54) is 89.9 Å². The summed E-state index contributed by atoms with van der Waals surface area (Å²) in [4.78, 5) is 13.0. The van der Waals surface area contributed by atoms with Crippen LogP contribution in [0.2, 0.25) is 0 Å². The van der Waals surface area contributed by atoms with Crippen LogP contribution < -0.4 is 5.32 Å². The van der Waals surface area contributed by atoms with E-state index in [1.54, 1.807) is 6.08 Å². The Kier molecular flexibility index (Phi) is 29.6. The third-order valence-electron chi connectivity index (χ3n) is 9.88. The van der Waals surface area contributed by atoms with Crippen LogP contribution in [0.15, 0.2) is 24.3 Å². The van der Waals surface area contributed by atoms with E-state index in [4.69, 9.17) is 14.0 Å². The molecule has 318 valence electrons. The first-order valence-corrected chi connectivity index (χ1v) is 22.2. The molecule has 1 amide bonds. The molecule has 0 aliphatic carbocycles. The number of hydrogen-bond acceptors (Lipinski definition) is 11. The van der Waals surface area contributed by atoms with Crippen molar-refractivity contribution in [3.05, 3.63) is 24.3 Å². The van der Waals surface area contributed by atoms with Gasteiger partial charge < -0.3 is 40.3 Å². The average Bonchev–Trinajstić information content (AvgIpc) is 3.14. The molecule has 0 spiro atoms. The minimum atomic E-state index is -5.11. The van der Waals surface area contributed by atoms with Crippen molar-refractivity contribution < 1.29 is 57.0 Å². The van der Waals surface area contributed by atoms with Gasteiger partial charge >= 0.3 is 10.4 Å². The summed E-state index contributed by atoms with van der Waals surface area (Å²) in [7, 11) is -5.11. The molecule has 1 heterocycles. The zero-order valence-corrected chi connectivity index (χ0v) is 34.0. The zero-order valence-electron chi connectivity index (χ0n) is 33.1. The number of ether oxygens (including phenoxy) is 2. The molecule has 1 aliphatic heterocycles. The number of rotatable bonds is 34. The van der Waals surface area contributed by atoms with Gasteiger partial charge in [0, 0.05) is 6.42 Å². The molecule has 7 N–H and O–H groups in total. The van der Waals surface area contributed by atoms with E-state index in [0.717, 1.165) is 32.1 Å². The Morgan fingerprint density at radius 1 is 0.759 bits per heavy atom. The first-order chi connectivity index (χ1) is 25.9. The molecule has 1 saturated heterocycles. The van der Waals surface area contributed by atoms with Gasteiger partial charge in [0.25, 0.3) is 0 Å². The normalized spacial score (nSPS) is 22.6. The van der Waals surface area contributed by atoms with Crippen molar-refractivity contribution in [2.45, 2.75) is 210 Å². The maximum Gasteiger partial charge on any atom is 0.397 e. The van der Waals surface area contributed by atoms with E-state index in [9.17, 15) is 38.7 Å². The quantitative estimate of drug-likeness (QED) is 0.0229. The lowest BCUT2D eigenvalue weighted by Gasteiger charge is -2.41. The van der Waals surface area contributed by atoms with Gasteiger partial charge in [-0.05, 0) is 25.7 Å². The summed E-state index contributed by atoms with van der Waals surface area (Å²) in [6.07, 6.45) is 21.1. The van der Waals surface area contributed by atoms with Crippen molar-refractivity contribution >= 4 is 16.3 Å². The van der Waals surface area contributed by atoms with Crippen molar-refractivity contribution in [3.8, 4) is 0 Å². The predicted molar refractivity (Wildman–Crippen MR) is 210 cm³/mol. The molecule has 13 nitrogen and oxygen atoms in total. The standard InChI is InChI=1S/C40H75NO12S/c1-3-5-7-9-11-13-15-17-19-20-22-24-26-28-33(43)32(31-51-40-37(46)38(53-54(48,49)50)36(45)35(30-42)52-40)41-39(47)34(44)29-27-25-23-21-18-16-14-12-10-8-6-4-2/h18,21,25,27,32-38,40,42-46H,3-17,19-20,22-24,26,28-31H2,1-2H3,(H,41,47)(H,48,49,50)/b21-18-,27-25-. The summed E-state index contributed by atoms with van der Waals surface area (Å²) in [5.74, 6) is -0.738. The van der Waals surface area contributed by atoms with E-state index in [2.05, 4.69) is 35.5 Å². The molecule has 54 heavy (non-hydrogen) atoms. The van der Waals surface area contributed by atoms with Crippen molar-refractivity contribution in [2.75, 3.05) is 13.2 Å². The summed E-state index contributed by atoms with van der Waals surface area (Å²) in [5, 5.41) is 55.0. The van der Waals surface area contributed by atoms with Crippen molar-refractivity contribution in [1.29, 1.82) is 0 Å². The number of aliphatic hydroxyl groups excluding tert-OH is 5. The van der Waals surface area contributed by atoms with Gasteiger partial charge in [0.1, 0.15) is 30.5 Å². The summed E-state index contributed by atoms with van der Waals surface area (Å²) < 4.78 is 47.4. The Bertz CT molecular complexity index is 1090. The third-order valence-corrected chi connectivity index (χ3v) is 10.3. The fourth-order valence-electron chi connectivity index (χ4n) is 6.51. The van der Waals surface area contributed by atoms with E-state index in [-0.39, 0.29) is 6.42 Å². The minimum Gasteiger partial charge on any atom is -0.394 e. The lowest BCUT2D eigenvalue weighted by molar-refractivity contribution is -0.298. The van der Waals surface area contributed by atoms with Gasteiger partial charge in [0.05, 0.1) is 25.4 Å². The van der Waals surface area contributed by atoms with Gasteiger partial charge in [-0.25, -0.2) is 4.18 Å². The smallest absolute Gasteiger partial charge is 0.394 e. The maximum absolute atomic E-state index is 13.0. The van der Waals surface area contributed by atoms with Crippen LogP contribution in [0.5, 0.6) is 0 Å². The Morgan fingerprint density at radius 3 is 1.81 bits per heavy atom. The highest BCUT2D eigenvalue weighted by molar-refractivity contribution is 7.80. The summed E-state index contributed by atoms with van der Waals surface area (Å²) >= 11 is 0. The van der Waals surface area contributed by atoms with Gasteiger partial charge in [-0.1, -0.05) is 154 Å². The van der Waals surface area contributed by atoms with Gasteiger partial charge in [0.2, 0.25) is 5.91 Å². The topological polar surface area (TPSA) is 212 Å². The summed E-state index contributed by atoms with van der Waals surface area (Å²) in [6, 6.07) is -1.06. The van der Waals surface area contributed by atoms with Gasteiger partial charge in [0.15, 0.2) is 6.29 Å². The summed E-state index contributed by atoms with van der Waals surface area (Å²) in [6.45, 7) is 3.19. The molecule has 0 radical (unpaired) electrons. The van der Waals surface area contributed by atoms with E-state index >= 15 is 0 Å². The number of hydrogen-bond donors (Lipinski definition) is 7. The van der Waals surface area contributed by atoms with Gasteiger partial charge in [-0.2, -0.15) is 8.42 Å². The van der Waals surface area contributed by atoms with Crippen LogP contribution in [0, 0.1) is 0 Å². The van der Waals surface area contributed by atoms with Crippen LogP contribution in [0.4, 0.5) is 0 Å². The highest BCUT2D eigenvalue weighted by Crippen LogP contribution is 2.26. The van der Waals surface area contributed by atoms with Crippen LogP contribution in [0.25, 0.3) is 0 Å². The van der Waals surface area contributed by atoms with Crippen molar-refractivity contribution in [3.63, 3.8) is 0 Å². The Balaban J connectivity index is 2.69. The molecule has 1 fully saturated rings. The Labute approximate surface area is 325 Å². The molecule has 8 unspecified atom stereocenters. The molecule has 0 aromatic heterocycles. The van der Waals surface area contributed by atoms with Crippen LogP contribution in [0.3, 0.4) is 0 Å². The van der Waals surface area contributed by atoms with Crippen molar-refractivity contribution in [2.24, 2.45) is 0 Å². The number of carbonyl (C=O) groups is 1. The first kappa shape index (κ1) is 50.6. The van der Waals surface area contributed by atoms with E-state index in [0.29, 0.717) is 19.3 Å². The molecule has 0 aromatic rings. The SMILES string of the molecule is CCCCCCCC/C=C\C/C=C\CC(O)C(=O)NC(COC1OC(CO)C(O)C(OS(=O)(=O)O)C1O)C(O)CCCCCCCCCCCCCCC. The highest BCUT2D eigenvalue weighted by Gasteiger charge is 2.48. The number of allylic oxidation sites excluding steroid dienone is 3. The molecule has 0 bridgehead atoms. The summed E-state index contributed by atoms with van der Waals surface area (Å²) in [5.41, 5.74) is 0. The number of aliphatic hydroxyl groups is 5. The lowest BCUT2D eigenvalue weighted by Crippen LogP contribution is -2.61. The monoisotopic (exact) mass is 794 g/mol. The van der Waals surface area contributed by atoms with Crippen LogP contribution in [-0.4, -0.2) is 107 Å². The Hall–Kier alpha value is -1.46. The average molecular weight is 794 g/mol. The van der Waals surface area contributed by atoms with Crippen LogP contribution in [0.1, 0.15) is 162 Å². The molecule has 14 heteroatoms. The Morgan fingerprint density at radius 2 is 1.28 bits per heavy atom. The van der Waals surface area contributed by atoms with E-state index in [1.807, 2.05) is 6.08 Å². The van der Waals surface area contributed by atoms with Gasteiger partial charge in [-0.15, -0.1) is 0 Å². The lowest BCUT2D eigenvalue weighted by atomic mass is 9.99. The fraction of sp³-hybridized carbons (Fsp3) is 0.875. The molecular formula is C40H75NO12S. The molecule has 1 aliphatic rings. The maximum atomic E-state index is 13.0. The first-order valence-electron chi connectivity index (χ1n) is 20.8. The van der Waals surface area contributed by atoms with Gasteiger partial charge in [-0.3, -0.25) is 9.35 Å². The number of nitrogens with one attached hydrogen (secondary N) is 1. The van der Waals surface area contributed by atoms with Crippen LogP contribution in [-0.2, 0) is 28.9 Å². The molecule has 0 aromatic carbocycles. The van der Waals surface area contributed by atoms with Crippen LogP contribution >= 0.6 is 0 Å². The second-order valence-corrected chi connectivity index (χ2v) is 15.8. The molecular weight excluding hydrogens is 719 g/mol. The van der Waals surface area contributed by atoms with Crippen molar-refractivity contribution in [1.82, 2.24) is 5.32 Å². The fourth-order valence-corrected chi connectivity index (χ4v) is 7.02. The highest BCUT2D eigenvalue weighted by atomic mass is 32.3. The number of amides is 1. The molecule has 0 saturated carbocycles. The second kappa shape index (κ2) is 31.6. The zero-order chi connectivity index (χ0) is 40.0. The largest absolute Gasteiger partial charge is 0.397 e. The third kappa shape index (κ3) is 24.2. The second-order valence-electron chi connectivity index (χ2n) is 14.7. The molecule has 8 atom stereocenters. The number of unbranched alkanes of at least 4 members (excludes halogenated alkanes) is 18. The molecule has 1 rings (SSSR count). The number of carbonyl (C=O) groups excluding carboxylic acids is 1.